The van der Waals surface area contributed by atoms with E-state index in [0.717, 1.165) is 53.1 Å². The Bertz CT molecular complexity index is 948. The van der Waals surface area contributed by atoms with E-state index in [-0.39, 0.29) is 6.54 Å². The van der Waals surface area contributed by atoms with Crippen LogP contribution in [0.15, 0.2) is 0 Å². The molecule has 0 bridgehead atoms. The van der Waals surface area contributed by atoms with Crippen LogP contribution >= 0.6 is 11.3 Å². The molecule has 1 aliphatic heterocycles. The van der Waals surface area contributed by atoms with Crippen molar-refractivity contribution in [2.75, 3.05) is 18.1 Å². The second-order valence-corrected chi connectivity index (χ2v) is 10.5. The van der Waals surface area contributed by atoms with Gasteiger partial charge >= 0.3 is 5.97 Å². The molecule has 2 heterocycles. The molecule has 1 aliphatic carbocycles. The fraction of sp³-hybridized carbons (Fsp3) is 0.632. The molecule has 158 valence electrons. The van der Waals surface area contributed by atoms with Gasteiger partial charge in [-0.05, 0) is 51.0 Å². The molecule has 3 rings (SSSR count). The van der Waals surface area contributed by atoms with Crippen LogP contribution in [0.4, 0.5) is 5.00 Å². The first-order valence-electron chi connectivity index (χ1n) is 9.75. The highest BCUT2D eigenvalue weighted by atomic mass is 32.2. The minimum Gasteiger partial charge on any atom is -0.451 e. The third-order valence-corrected chi connectivity index (χ3v) is 7.83. The van der Waals surface area contributed by atoms with E-state index in [1.807, 2.05) is 0 Å². The van der Waals surface area contributed by atoms with Crippen LogP contribution in [0.3, 0.4) is 0 Å². The summed E-state index contributed by atoms with van der Waals surface area (Å²) < 4.78 is 30.0. The molecular weight excluding hydrogens is 414 g/mol. The third kappa shape index (κ3) is 4.79. The van der Waals surface area contributed by atoms with E-state index in [2.05, 4.69) is 11.4 Å². The van der Waals surface area contributed by atoms with E-state index in [1.165, 1.54) is 18.3 Å². The molecule has 8 nitrogen and oxygen atoms in total. The Kier molecular flexibility index (Phi) is 6.61. The van der Waals surface area contributed by atoms with Crippen molar-refractivity contribution >= 4 is 38.2 Å². The lowest BCUT2D eigenvalue weighted by atomic mass is 10.1. The number of aryl methyl sites for hydroxylation is 1. The summed E-state index contributed by atoms with van der Waals surface area (Å²) in [6, 6.07) is 1.30. The number of thiophene rings is 1. The van der Waals surface area contributed by atoms with E-state index >= 15 is 0 Å². The Labute approximate surface area is 174 Å². The van der Waals surface area contributed by atoms with Crippen molar-refractivity contribution in [1.29, 1.82) is 5.26 Å². The smallest absolute Gasteiger partial charge is 0.325 e. The number of nitrogens with one attached hydrogen (secondary N) is 1. The van der Waals surface area contributed by atoms with Gasteiger partial charge in [0, 0.05) is 11.4 Å². The fourth-order valence-corrected chi connectivity index (χ4v) is 6.20. The zero-order valence-corrected chi connectivity index (χ0v) is 18.2. The van der Waals surface area contributed by atoms with Gasteiger partial charge in [-0.15, -0.1) is 11.3 Å². The lowest BCUT2D eigenvalue weighted by Gasteiger charge is -2.22. The molecule has 29 heavy (non-hydrogen) atoms. The van der Waals surface area contributed by atoms with Gasteiger partial charge in [-0.3, -0.25) is 9.59 Å². The van der Waals surface area contributed by atoms with Crippen LogP contribution in [0, 0.1) is 11.3 Å². The van der Waals surface area contributed by atoms with E-state index in [0.29, 0.717) is 23.4 Å². The van der Waals surface area contributed by atoms with Gasteiger partial charge in [-0.2, -0.15) is 9.57 Å². The number of amides is 1. The maximum Gasteiger partial charge on any atom is 0.325 e. The van der Waals surface area contributed by atoms with Gasteiger partial charge < -0.3 is 10.1 Å². The topological polar surface area (TPSA) is 117 Å². The molecule has 1 fully saturated rings. The summed E-state index contributed by atoms with van der Waals surface area (Å²) in [5.74, 6) is -1.26. The van der Waals surface area contributed by atoms with Crippen LogP contribution in [0.25, 0.3) is 0 Å². The van der Waals surface area contributed by atoms with Gasteiger partial charge in [-0.1, -0.05) is 6.42 Å². The predicted molar refractivity (Wildman–Crippen MR) is 109 cm³/mol. The summed E-state index contributed by atoms with van der Waals surface area (Å²) in [5.41, 5.74) is 1.52. The van der Waals surface area contributed by atoms with Crippen molar-refractivity contribution in [2.24, 2.45) is 0 Å². The molecule has 0 radical (unpaired) electrons. The molecule has 10 heteroatoms. The largest absolute Gasteiger partial charge is 0.451 e. The Morgan fingerprint density at radius 2 is 2.00 bits per heavy atom. The first-order valence-corrected chi connectivity index (χ1v) is 12.4. The average molecular weight is 440 g/mol. The summed E-state index contributed by atoms with van der Waals surface area (Å²) in [6.07, 6.45) is 5.85. The highest BCUT2D eigenvalue weighted by Crippen LogP contribution is 2.37. The lowest BCUT2D eigenvalue weighted by Crippen LogP contribution is -2.43. The van der Waals surface area contributed by atoms with Crippen LogP contribution in [0.5, 0.6) is 0 Å². The number of fused-ring (bicyclic) bond motifs is 1. The molecule has 0 unspecified atom stereocenters. The van der Waals surface area contributed by atoms with Crippen molar-refractivity contribution in [1.82, 2.24) is 4.31 Å². The molecule has 1 N–H and O–H groups in total. The molecule has 0 aromatic carbocycles. The quantitative estimate of drug-likeness (QED) is 0.555. The fourth-order valence-electron chi connectivity index (χ4n) is 3.84. The monoisotopic (exact) mass is 439 g/mol. The number of carbonyl (C=O) groups excluding carboxylic acids is 2. The van der Waals surface area contributed by atoms with Crippen LogP contribution < -0.4 is 5.32 Å². The Balaban J connectivity index is 1.67. The molecule has 2 atom stereocenters. The Morgan fingerprint density at radius 3 is 2.69 bits per heavy atom. The van der Waals surface area contributed by atoms with Gasteiger partial charge in [0.05, 0.1) is 11.8 Å². The van der Waals surface area contributed by atoms with E-state index in [1.54, 1.807) is 0 Å². The number of carbonyl (C=O) groups is 2. The van der Waals surface area contributed by atoms with Crippen LogP contribution in [-0.4, -0.2) is 49.5 Å². The van der Waals surface area contributed by atoms with Gasteiger partial charge in [0.1, 0.15) is 17.1 Å². The number of ether oxygens (including phenoxy) is 1. The number of nitriles is 1. The SMILES string of the molecule is C[C@@H](OC(=O)[C@H]1CCCN1S(C)(=O)=O)C(=O)Nc1sc2c(c1C#N)CCCCC2. The van der Waals surface area contributed by atoms with Crippen LogP contribution in [-0.2, 0) is 37.2 Å². The van der Waals surface area contributed by atoms with Crippen molar-refractivity contribution in [2.45, 2.75) is 64.0 Å². The molecule has 2 aliphatic rings. The lowest BCUT2D eigenvalue weighted by molar-refractivity contribution is -0.156. The molecule has 1 aromatic rings. The standard InChI is InChI=1S/C19H25N3O5S2/c1-12(27-19(24)15-8-6-10-22(15)29(2,25)26)17(23)21-18-14(11-20)13-7-4-3-5-9-16(13)28-18/h12,15H,3-10H2,1-2H3,(H,21,23)/t12-,15-/m1/s1. The minimum atomic E-state index is -3.52. The first-order chi connectivity index (χ1) is 13.7. The molecule has 1 amide bonds. The van der Waals surface area contributed by atoms with Gasteiger partial charge in [0.2, 0.25) is 10.0 Å². The van der Waals surface area contributed by atoms with Crippen molar-refractivity contribution in [3.05, 3.63) is 16.0 Å². The second kappa shape index (κ2) is 8.81. The second-order valence-electron chi connectivity index (χ2n) is 7.48. The molecule has 0 spiro atoms. The third-order valence-electron chi connectivity index (χ3n) is 5.33. The number of anilines is 1. The normalized spacial score (nSPS) is 20.9. The summed E-state index contributed by atoms with van der Waals surface area (Å²) >= 11 is 1.41. The van der Waals surface area contributed by atoms with Crippen LogP contribution in [0.1, 0.15) is 55.0 Å². The molecule has 1 aromatic heterocycles. The zero-order chi connectivity index (χ0) is 21.2. The van der Waals surface area contributed by atoms with Gasteiger partial charge in [0.15, 0.2) is 6.10 Å². The highest BCUT2D eigenvalue weighted by molar-refractivity contribution is 7.88. The average Bonchev–Trinajstić information content (AvgIpc) is 3.20. The van der Waals surface area contributed by atoms with E-state index in [4.69, 9.17) is 4.74 Å². The maximum absolute atomic E-state index is 12.6. The summed E-state index contributed by atoms with van der Waals surface area (Å²) in [4.78, 5) is 26.1. The minimum absolute atomic E-state index is 0.269. The van der Waals surface area contributed by atoms with Gasteiger partial charge in [-0.25, -0.2) is 8.42 Å². The number of esters is 1. The number of nitrogens with zero attached hydrogens (tertiary/aromatic N) is 2. The number of hydrogen-bond donors (Lipinski definition) is 1. The molecular formula is C19H25N3O5S2. The summed E-state index contributed by atoms with van der Waals surface area (Å²) in [5, 5.41) is 12.8. The molecule has 1 saturated heterocycles. The van der Waals surface area contributed by atoms with E-state index in [9.17, 15) is 23.3 Å². The number of sulfonamides is 1. The summed E-state index contributed by atoms with van der Waals surface area (Å²) in [6.45, 7) is 1.71. The van der Waals surface area contributed by atoms with Crippen molar-refractivity contribution in [3.63, 3.8) is 0 Å². The maximum atomic E-state index is 12.6. The number of hydrogen-bond acceptors (Lipinski definition) is 7. The van der Waals surface area contributed by atoms with Crippen LogP contribution in [0.2, 0.25) is 0 Å². The van der Waals surface area contributed by atoms with Crippen molar-refractivity contribution in [3.8, 4) is 6.07 Å². The number of rotatable bonds is 5. The molecule has 0 saturated carbocycles. The summed E-state index contributed by atoms with van der Waals surface area (Å²) in [7, 11) is -3.52. The first kappa shape index (κ1) is 21.7. The van der Waals surface area contributed by atoms with Gasteiger partial charge in [0.25, 0.3) is 5.91 Å². The Hall–Kier alpha value is -1.96. The predicted octanol–water partition coefficient (Wildman–Crippen LogP) is 2.18. The van der Waals surface area contributed by atoms with E-state index < -0.39 is 34.0 Å². The Morgan fingerprint density at radius 1 is 1.28 bits per heavy atom. The highest BCUT2D eigenvalue weighted by Gasteiger charge is 2.38. The zero-order valence-electron chi connectivity index (χ0n) is 16.6. The van der Waals surface area contributed by atoms with Crippen molar-refractivity contribution < 1.29 is 22.7 Å².